The van der Waals surface area contributed by atoms with Gasteiger partial charge in [0.25, 0.3) is 0 Å². The zero-order chi connectivity index (χ0) is 11.7. The maximum atomic E-state index is 10.4. The van der Waals surface area contributed by atoms with E-state index >= 15 is 0 Å². The Morgan fingerprint density at radius 1 is 1.40 bits per heavy atom. The monoisotopic (exact) mass is 217 g/mol. The largest absolute Gasteiger partial charge is 0.481 e. The number of aliphatic carboxylic acids is 1. The van der Waals surface area contributed by atoms with Gasteiger partial charge in [-0.05, 0) is 32.2 Å². The molecule has 0 aromatic rings. The van der Waals surface area contributed by atoms with E-state index in [-0.39, 0.29) is 19.1 Å². The number of carbonyl (C=O) groups is 1. The molecule has 2 atom stereocenters. The fraction of sp³-hybridized carbons (Fsp3) is 0.909. The summed E-state index contributed by atoms with van der Waals surface area (Å²) in [7, 11) is 0. The first-order valence-electron chi connectivity index (χ1n) is 5.66. The quantitative estimate of drug-likeness (QED) is 0.543. The highest BCUT2D eigenvalue weighted by molar-refractivity contribution is 5.67. The molecule has 0 saturated carbocycles. The van der Waals surface area contributed by atoms with Crippen LogP contribution in [0.4, 0.5) is 0 Å². The molecule has 0 saturated heterocycles. The first-order valence-corrected chi connectivity index (χ1v) is 5.66. The number of carboxylic acids is 1. The third-order valence-corrected chi connectivity index (χ3v) is 2.47. The van der Waals surface area contributed by atoms with Crippen LogP contribution in [0.2, 0.25) is 0 Å². The molecule has 0 rings (SSSR count). The number of aliphatic hydroxyl groups is 1. The lowest BCUT2D eigenvalue weighted by Gasteiger charge is -2.18. The smallest absolute Gasteiger partial charge is 0.304 e. The maximum Gasteiger partial charge on any atom is 0.304 e. The Hall–Kier alpha value is -0.610. The van der Waals surface area contributed by atoms with Crippen LogP contribution in [0.3, 0.4) is 0 Å². The second-order valence-electron chi connectivity index (χ2n) is 4.07. The number of nitrogens with one attached hydrogen (secondary N) is 1. The van der Waals surface area contributed by atoms with E-state index in [1.807, 2.05) is 6.92 Å². The molecule has 4 heteroatoms. The van der Waals surface area contributed by atoms with E-state index in [0.717, 1.165) is 25.8 Å². The summed E-state index contributed by atoms with van der Waals surface area (Å²) in [5, 5.41) is 20.6. The average molecular weight is 217 g/mol. The van der Waals surface area contributed by atoms with Gasteiger partial charge in [-0.1, -0.05) is 13.3 Å². The van der Waals surface area contributed by atoms with Gasteiger partial charge in [-0.15, -0.1) is 0 Å². The fourth-order valence-electron chi connectivity index (χ4n) is 1.64. The molecular weight excluding hydrogens is 194 g/mol. The lowest BCUT2D eigenvalue weighted by Crippen LogP contribution is -2.33. The van der Waals surface area contributed by atoms with Crippen molar-refractivity contribution < 1.29 is 15.0 Å². The van der Waals surface area contributed by atoms with E-state index in [1.165, 1.54) is 0 Å². The van der Waals surface area contributed by atoms with Crippen LogP contribution in [0.1, 0.15) is 39.5 Å². The van der Waals surface area contributed by atoms with Gasteiger partial charge >= 0.3 is 5.97 Å². The molecule has 0 fully saturated rings. The molecule has 0 aliphatic rings. The van der Waals surface area contributed by atoms with Crippen LogP contribution in [-0.2, 0) is 4.79 Å². The van der Waals surface area contributed by atoms with Crippen molar-refractivity contribution in [2.75, 3.05) is 13.2 Å². The summed E-state index contributed by atoms with van der Waals surface area (Å²) in [6, 6.07) is 0.000508. The van der Waals surface area contributed by atoms with Crippen molar-refractivity contribution in [3.63, 3.8) is 0 Å². The Balaban J connectivity index is 3.71. The van der Waals surface area contributed by atoms with Crippen molar-refractivity contribution in [1.82, 2.24) is 5.32 Å². The number of rotatable bonds is 9. The van der Waals surface area contributed by atoms with Crippen molar-refractivity contribution in [2.24, 2.45) is 5.92 Å². The van der Waals surface area contributed by atoms with Gasteiger partial charge in [0.15, 0.2) is 0 Å². The molecule has 0 aromatic carbocycles. The van der Waals surface area contributed by atoms with Gasteiger partial charge < -0.3 is 15.5 Å². The molecule has 0 spiro atoms. The molecule has 3 N–H and O–H groups in total. The third-order valence-electron chi connectivity index (χ3n) is 2.47. The molecule has 0 bridgehead atoms. The second-order valence-corrected chi connectivity index (χ2v) is 4.07. The van der Waals surface area contributed by atoms with Crippen molar-refractivity contribution in [2.45, 2.75) is 45.6 Å². The molecule has 2 unspecified atom stereocenters. The highest BCUT2D eigenvalue weighted by Gasteiger charge is 2.11. The van der Waals surface area contributed by atoms with E-state index < -0.39 is 5.97 Å². The highest BCUT2D eigenvalue weighted by Crippen LogP contribution is 2.09. The van der Waals surface area contributed by atoms with Crippen molar-refractivity contribution in [3.8, 4) is 0 Å². The Morgan fingerprint density at radius 3 is 2.53 bits per heavy atom. The summed E-state index contributed by atoms with van der Waals surface area (Å²) in [5.74, 6) is -0.319. The minimum Gasteiger partial charge on any atom is -0.481 e. The minimum atomic E-state index is -0.774. The lowest BCUT2D eigenvalue weighted by atomic mass is 10.00. The van der Waals surface area contributed by atoms with Crippen LogP contribution in [0.15, 0.2) is 0 Å². The highest BCUT2D eigenvalue weighted by atomic mass is 16.4. The fourth-order valence-corrected chi connectivity index (χ4v) is 1.64. The van der Waals surface area contributed by atoms with Gasteiger partial charge in [0.1, 0.15) is 0 Å². The standard InChI is InChI=1S/C11H23NO3/c1-3-4-10(5-6-13)8-12-9(2)7-11(14)15/h9-10,12-13H,3-8H2,1-2H3,(H,14,15). The van der Waals surface area contributed by atoms with Crippen LogP contribution in [0.25, 0.3) is 0 Å². The Bertz CT molecular complexity index is 167. The van der Waals surface area contributed by atoms with Crippen LogP contribution in [-0.4, -0.2) is 35.4 Å². The van der Waals surface area contributed by atoms with E-state index in [4.69, 9.17) is 10.2 Å². The number of aliphatic hydroxyl groups excluding tert-OH is 1. The van der Waals surface area contributed by atoms with E-state index in [0.29, 0.717) is 5.92 Å². The van der Waals surface area contributed by atoms with Gasteiger partial charge in [0.05, 0.1) is 6.42 Å². The molecule has 0 heterocycles. The van der Waals surface area contributed by atoms with E-state index in [9.17, 15) is 4.79 Å². The molecular formula is C11H23NO3. The number of carboxylic acid groups (broad SMARTS) is 1. The van der Waals surface area contributed by atoms with Gasteiger partial charge in [-0.2, -0.15) is 0 Å². The molecule has 15 heavy (non-hydrogen) atoms. The molecule has 0 amide bonds. The normalized spacial score (nSPS) is 14.9. The molecule has 4 nitrogen and oxygen atoms in total. The van der Waals surface area contributed by atoms with Gasteiger partial charge in [0.2, 0.25) is 0 Å². The zero-order valence-electron chi connectivity index (χ0n) is 9.70. The van der Waals surface area contributed by atoms with Gasteiger partial charge in [-0.3, -0.25) is 4.79 Å². The predicted molar refractivity (Wildman–Crippen MR) is 59.8 cm³/mol. The SMILES string of the molecule is CCCC(CCO)CNC(C)CC(=O)O. The van der Waals surface area contributed by atoms with E-state index in [2.05, 4.69) is 12.2 Å². The molecule has 0 aliphatic heterocycles. The zero-order valence-corrected chi connectivity index (χ0v) is 9.70. The number of hydrogen-bond donors (Lipinski definition) is 3. The first kappa shape index (κ1) is 14.4. The van der Waals surface area contributed by atoms with Crippen molar-refractivity contribution in [3.05, 3.63) is 0 Å². The molecule has 90 valence electrons. The van der Waals surface area contributed by atoms with Crippen LogP contribution < -0.4 is 5.32 Å². The van der Waals surface area contributed by atoms with Gasteiger partial charge in [0, 0.05) is 12.6 Å². The third kappa shape index (κ3) is 8.39. The van der Waals surface area contributed by atoms with Crippen LogP contribution >= 0.6 is 0 Å². The molecule has 0 aromatic heterocycles. The maximum absolute atomic E-state index is 10.4. The van der Waals surface area contributed by atoms with Crippen LogP contribution in [0, 0.1) is 5.92 Å². The summed E-state index contributed by atoms with van der Waals surface area (Å²) in [6.45, 7) is 4.99. The summed E-state index contributed by atoms with van der Waals surface area (Å²) in [5.41, 5.74) is 0. The summed E-state index contributed by atoms with van der Waals surface area (Å²) >= 11 is 0. The summed E-state index contributed by atoms with van der Waals surface area (Å²) in [4.78, 5) is 10.4. The Morgan fingerprint density at radius 2 is 2.07 bits per heavy atom. The molecule has 0 radical (unpaired) electrons. The lowest BCUT2D eigenvalue weighted by molar-refractivity contribution is -0.137. The van der Waals surface area contributed by atoms with E-state index in [1.54, 1.807) is 0 Å². The second kappa shape index (κ2) is 8.68. The predicted octanol–water partition coefficient (Wildman–Crippen LogP) is 1.24. The van der Waals surface area contributed by atoms with Crippen molar-refractivity contribution >= 4 is 5.97 Å². The summed E-state index contributed by atoms with van der Waals surface area (Å²) in [6.07, 6.45) is 3.12. The Labute approximate surface area is 91.7 Å². The first-order chi connectivity index (χ1) is 7.10. The average Bonchev–Trinajstić information content (AvgIpc) is 2.14. The van der Waals surface area contributed by atoms with Crippen LogP contribution in [0.5, 0.6) is 0 Å². The Kier molecular flexibility index (Phi) is 8.33. The van der Waals surface area contributed by atoms with Crippen molar-refractivity contribution in [1.29, 1.82) is 0 Å². The van der Waals surface area contributed by atoms with Gasteiger partial charge in [-0.25, -0.2) is 0 Å². The topological polar surface area (TPSA) is 69.6 Å². The minimum absolute atomic E-state index is 0.000508. The molecule has 0 aliphatic carbocycles. The summed E-state index contributed by atoms with van der Waals surface area (Å²) < 4.78 is 0. The number of hydrogen-bond acceptors (Lipinski definition) is 3.